The lowest BCUT2D eigenvalue weighted by molar-refractivity contribution is 0.428. The summed E-state index contributed by atoms with van der Waals surface area (Å²) in [5.74, 6) is 0. The average molecular weight is 306 g/mol. The number of hydrogen-bond acceptors (Lipinski definition) is 4. The highest BCUT2D eigenvalue weighted by atomic mass is 32.2. The summed E-state index contributed by atoms with van der Waals surface area (Å²) < 4.78 is 29.0. The molecule has 7 heteroatoms. The number of nitrogens with one attached hydrogen (secondary N) is 2. The summed E-state index contributed by atoms with van der Waals surface area (Å²) in [5.41, 5.74) is 0.832. The quantitative estimate of drug-likeness (QED) is 0.880. The smallest absolute Gasteiger partial charge is 0.244 e. The molecular formula is C14H18N4O2S. The zero-order chi connectivity index (χ0) is 14.7. The van der Waals surface area contributed by atoms with Gasteiger partial charge < -0.3 is 5.32 Å². The summed E-state index contributed by atoms with van der Waals surface area (Å²) in [6.45, 7) is 1.62. The summed E-state index contributed by atoms with van der Waals surface area (Å²) in [4.78, 5) is 0.192. The van der Waals surface area contributed by atoms with Crippen molar-refractivity contribution in [3.05, 3.63) is 42.7 Å². The van der Waals surface area contributed by atoms with Crippen LogP contribution in [0.2, 0.25) is 0 Å². The van der Waals surface area contributed by atoms with E-state index < -0.39 is 10.0 Å². The van der Waals surface area contributed by atoms with E-state index >= 15 is 0 Å². The van der Waals surface area contributed by atoms with Crippen LogP contribution in [0.3, 0.4) is 0 Å². The van der Waals surface area contributed by atoms with E-state index in [0.717, 1.165) is 25.1 Å². The lowest BCUT2D eigenvalue weighted by Gasteiger charge is -2.23. The van der Waals surface area contributed by atoms with Crippen LogP contribution in [0.4, 0.5) is 0 Å². The summed E-state index contributed by atoms with van der Waals surface area (Å²) in [5, 5.41) is 7.32. The fourth-order valence-electron chi connectivity index (χ4n) is 2.41. The normalized spacial score (nSPS) is 19.5. The molecule has 2 heterocycles. The predicted octanol–water partition coefficient (Wildman–Crippen LogP) is 0.903. The molecule has 2 N–H and O–H groups in total. The molecule has 0 bridgehead atoms. The summed E-state index contributed by atoms with van der Waals surface area (Å²) in [6, 6.07) is 9.38. The average Bonchev–Trinajstić information content (AvgIpc) is 2.99. The Bertz CT molecular complexity index is 691. The van der Waals surface area contributed by atoms with E-state index in [0.29, 0.717) is 6.54 Å². The second-order valence-corrected chi connectivity index (χ2v) is 6.83. The van der Waals surface area contributed by atoms with Crippen molar-refractivity contribution in [2.45, 2.75) is 23.8 Å². The lowest BCUT2D eigenvalue weighted by atomic mass is 10.1. The van der Waals surface area contributed by atoms with E-state index in [2.05, 4.69) is 15.1 Å². The van der Waals surface area contributed by atoms with Crippen LogP contribution in [-0.4, -0.2) is 37.3 Å². The van der Waals surface area contributed by atoms with Gasteiger partial charge >= 0.3 is 0 Å². The standard InChI is InChI=1S/C14H18N4O2S/c19-21(20,17-12-5-4-8-15-9-12)14-10-16-18(11-14)13-6-2-1-3-7-13/h1-3,6-7,10-12,15,17H,4-5,8-9H2. The topological polar surface area (TPSA) is 76.0 Å². The molecule has 0 spiro atoms. The van der Waals surface area contributed by atoms with E-state index in [-0.39, 0.29) is 10.9 Å². The number of hydrogen-bond donors (Lipinski definition) is 2. The van der Waals surface area contributed by atoms with E-state index in [9.17, 15) is 8.42 Å². The molecule has 1 aromatic carbocycles. The van der Waals surface area contributed by atoms with Crippen molar-refractivity contribution < 1.29 is 8.42 Å². The number of para-hydroxylation sites is 1. The largest absolute Gasteiger partial charge is 0.315 e. The van der Waals surface area contributed by atoms with Gasteiger partial charge in [0, 0.05) is 12.6 Å². The Hall–Kier alpha value is -1.70. The first-order valence-electron chi connectivity index (χ1n) is 6.98. The summed E-state index contributed by atoms with van der Waals surface area (Å²) in [7, 11) is -3.52. The van der Waals surface area contributed by atoms with Gasteiger partial charge in [0.15, 0.2) is 0 Å². The molecular weight excluding hydrogens is 288 g/mol. The molecule has 3 rings (SSSR count). The molecule has 1 aliphatic rings. The number of rotatable bonds is 4. The van der Waals surface area contributed by atoms with Crippen LogP contribution < -0.4 is 10.0 Å². The van der Waals surface area contributed by atoms with Crippen molar-refractivity contribution in [3.63, 3.8) is 0 Å². The number of piperidine rings is 1. The maximum absolute atomic E-state index is 12.4. The van der Waals surface area contributed by atoms with Crippen LogP contribution >= 0.6 is 0 Å². The molecule has 1 aromatic heterocycles. The van der Waals surface area contributed by atoms with Gasteiger partial charge in [-0.3, -0.25) is 0 Å². The van der Waals surface area contributed by atoms with Crippen LogP contribution in [0.25, 0.3) is 5.69 Å². The van der Waals surface area contributed by atoms with Gasteiger partial charge in [-0.05, 0) is 31.5 Å². The number of sulfonamides is 1. The molecule has 1 aliphatic heterocycles. The van der Waals surface area contributed by atoms with E-state index in [1.54, 1.807) is 4.68 Å². The van der Waals surface area contributed by atoms with Crippen molar-refractivity contribution in [1.29, 1.82) is 0 Å². The highest BCUT2D eigenvalue weighted by molar-refractivity contribution is 7.89. The van der Waals surface area contributed by atoms with Crippen LogP contribution in [-0.2, 0) is 10.0 Å². The highest BCUT2D eigenvalue weighted by Gasteiger charge is 2.23. The fraction of sp³-hybridized carbons (Fsp3) is 0.357. The lowest BCUT2D eigenvalue weighted by Crippen LogP contribution is -2.45. The third-order valence-corrected chi connectivity index (χ3v) is 4.98. The van der Waals surface area contributed by atoms with E-state index in [1.807, 2.05) is 30.3 Å². The Kier molecular flexibility index (Phi) is 4.05. The van der Waals surface area contributed by atoms with Crippen LogP contribution in [0.1, 0.15) is 12.8 Å². The molecule has 1 fully saturated rings. The fourth-order valence-corrected chi connectivity index (χ4v) is 3.61. The Balaban J connectivity index is 1.78. The number of benzene rings is 1. The molecule has 1 saturated heterocycles. The third-order valence-electron chi connectivity index (χ3n) is 3.51. The number of aromatic nitrogens is 2. The predicted molar refractivity (Wildman–Crippen MR) is 79.8 cm³/mol. The second-order valence-electron chi connectivity index (χ2n) is 5.12. The first-order chi connectivity index (χ1) is 10.1. The number of nitrogens with zero attached hydrogens (tertiary/aromatic N) is 2. The van der Waals surface area contributed by atoms with Crippen molar-refractivity contribution >= 4 is 10.0 Å². The molecule has 0 amide bonds. The zero-order valence-corrected chi connectivity index (χ0v) is 12.4. The Morgan fingerprint density at radius 1 is 1.29 bits per heavy atom. The van der Waals surface area contributed by atoms with Crippen LogP contribution in [0.5, 0.6) is 0 Å². The summed E-state index contributed by atoms with van der Waals surface area (Å²) >= 11 is 0. The van der Waals surface area contributed by atoms with E-state index in [4.69, 9.17) is 0 Å². The Morgan fingerprint density at radius 3 is 2.81 bits per heavy atom. The molecule has 1 unspecified atom stereocenters. The second kappa shape index (κ2) is 5.97. The minimum atomic E-state index is -3.52. The Morgan fingerprint density at radius 2 is 2.10 bits per heavy atom. The van der Waals surface area contributed by atoms with Gasteiger partial charge in [0.25, 0.3) is 0 Å². The van der Waals surface area contributed by atoms with Gasteiger partial charge in [-0.15, -0.1) is 0 Å². The summed E-state index contributed by atoms with van der Waals surface area (Å²) in [6.07, 6.45) is 4.76. The first-order valence-corrected chi connectivity index (χ1v) is 8.47. The van der Waals surface area contributed by atoms with Gasteiger partial charge in [-0.1, -0.05) is 18.2 Å². The Labute approximate surface area is 124 Å². The van der Waals surface area contributed by atoms with Crippen LogP contribution in [0, 0.1) is 0 Å². The van der Waals surface area contributed by atoms with E-state index in [1.165, 1.54) is 12.4 Å². The highest BCUT2D eigenvalue weighted by Crippen LogP contribution is 2.13. The molecule has 6 nitrogen and oxygen atoms in total. The van der Waals surface area contributed by atoms with Crippen molar-refractivity contribution in [2.24, 2.45) is 0 Å². The van der Waals surface area contributed by atoms with Gasteiger partial charge in [0.2, 0.25) is 10.0 Å². The van der Waals surface area contributed by atoms with Gasteiger partial charge in [-0.25, -0.2) is 17.8 Å². The minimum Gasteiger partial charge on any atom is -0.315 e. The van der Waals surface area contributed by atoms with Crippen molar-refractivity contribution in [1.82, 2.24) is 19.8 Å². The first kappa shape index (κ1) is 14.2. The van der Waals surface area contributed by atoms with Gasteiger partial charge in [-0.2, -0.15) is 5.10 Å². The molecule has 0 aliphatic carbocycles. The molecule has 0 saturated carbocycles. The third kappa shape index (κ3) is 3.31. The molecule has 2 aromatic rings. The van der Waals surface area contributed by atoms with Crippen molar-refractivity contribution in [3.8, 4) is 5.69 Å². The van der Waals surface area contributed by atoms with Crippen molar-refractivity contribution in [2.75, 3.05) is 13.1 Å². The van der Waals surface area contributed by atoms with Gasteiger partial charge in [0.05, 0.1) is 18.1 Å². The van der Waals surface area contributed by atoms with Gasteiger partial charge in [0.1, 0.15) is 4.90 Å². The molecule has 112 valence electrons. The molecule has 0 radical (unpaired) electrons. The monoisotopic (exact) mass is 306 g/mol. The maximum Gasteiger partial charge on any atom is 0.244 e. The van der Waals surface area contributed by atoms with Crippen LogP contribution in [0.15, 0.2) is 47.6 Å². The molecule has 21 heavy (non-hydrogen) atoms. The SMILES string of the molecule is O=S(=O)(NC1CCCNC1)c1cnn(-c2ccccc2)c1. The maximum atomic E-state index is 12.4. The minimum absolute atomic E-state index is 0.0520. The zero-order valence-electron chi connectivity index (χ0n) is 11.6. The molecule has 1 atom stereocenters.